The zero-order valence-electron chi connectivity index (χ0n) is 18.2. The smallest absolute Gasteiger partial charge is 0.254 e. The number of H-pyrrole nitrogens is 1. The van der Waals surface area contributed by atoms with Gasteiger partial charge in [0.1, 0.15) is 0 Å². The van der Waals surface area contributed by atoms with Gasteiger partial charge in [0.15, 0.2) is 0 Å². The van der Waals surface area contributed by atoms with Crippen molar-refractivity contribution in [3.63, 3.8) is 0 Å². The number of benzene rings is 2. The van der Waals surface area contributed by atoms with E-state index in [0.29, 0.717) is 12.1 Å². The zero-order valence-corrected chi connectivity index (χ0v) is 19.0. The lowest BCUT2D eigenvalue weighted by Gasteiger charge is -2.35. The maximum Gasteiger partial charge on any atom is 0.254 e. The lowest BCUT2D eigenvalue weighted by molar-refractivity contribution is 0.0606. The fourth-order valence-corrected chi connectivity index (χ4v) is 5.59. The molecule has 2 aromatic carbocycles. The van der Waals surface area contributed by atoms with Gasteiger partial charge in [-0.05, 0) is 68.8 Å². The average molecular weight is 440 g/mol. The molecule has 3 aromatic rings. The predicted octanol–water partition coefficient (Wildman–Crippen LogP) is 4.56. The Morgan fingerprint density at radius 3 is 2.61 bits per heavy atom. The molecule has 1 N–H and O–H groups in total. The molecule has 1 unspecified atom stereocenters. The molecule has 164 valence electrons. The Labute approximate surface area is 183 Å². The number of piperidine rings is 1. The van der Waals surface area contributed by atoms with Crippen LogP contribution >= 0.6 is 0 Å². The second-order valence-corrected chi connectivity index (χ2v) is 10.5. The number of likely N-dealkylation sites (tertiary alicyclic amines) is 1. The molecule has 0 radical (unpaired) electrons. The minimum atomic E-state index is -3.65. The average Bonchev–Trinajstić information content (AvgIpc) is 3.22. The molecule has 2 heterocycles. The topological polar surface area (TPSA) is 73.5 Å². The van der Waals surface area contributed by atoms with Crippen LogP contribution in [0, 0.1) is 0 Å². The molecule has 6 nitrogen and oxygen atoms in total. The summed E-state index contributed by atoms with van der Waals surface area (Å²) < 4.78 is 27.1. The highest BCUT2D eigenvalue weighted by atomic mass is 32.2. The lowest BCUT2D eigenvalue weighted by Crippen LogP contribution is -2.39. The summed E-state index contributed by atoms with van der Waals surface area (Å²) in [5.41, 5.74) is 2.49. The summed E-state index contributed by atoms with van der Waals surface area (Å²) in [6.07, 6.45) is 2.88. The summed E-state index contributed by atoms with van der Waals surface area (Å²) in [6.45, 7) is 4.30. The number of sulfonamides is 1. The van der Waals surface area contributed by atoms with Crippen LogP contribution in [0.4, 0.5) is 0 Å². The third-order valence-electron chi connectivity index (χ3n) is 6.16. The molecule has 1 fully saturated rings. The number of carbonyl (C=O) groups excluding carboxylic acids is 1. The third kappa shape index (κ3) is 4.12. The predicted molar refractivity (Wildman–Crippen MR) is 122 cm³/mol. The summed E-state index contributed by atoms with van der Waals surface area (Å²) in [7, 11) is -2.09. The second-order valence-electron chi connectivity index (χ2n) is 8.46. The first-order valence-corrected chi connectivity index (χ1v) is 12.2. The third-order valence-corrected chi connectivity index (χ3v) is 8.19. The van der Waals surface area contributed by atoms with Crippen molar-refractivity contribution < 1.29 is 13.2 Å². The van der Waals surface area contributed by atoms with Crippen molar-refractivity contribution in [1.82, 2.24) is 14.2 Å². The van der Waals surface area contributed by atoms with Crippen molar-refractivity contribution in [2.45, 2.75) is 50.1 Å². The van der Waals surface area contributed by atoms with Crippen LogP contribution in [-0.2, 0) is 10.0 Å². The van der Waals surface area contributed by atoms with Gasteiger partial charge in [-0.15, -0.1) is 0 Å². The summed E-state index contributed by atoms with van der Waals surface area (Å²) >= 11 is 0. The Balaban J connectivity index is 1.66. The number of fused-ring (bicyclic) bond motifs is 1. The van der Waals surface area contributed by atoms with Gasteiger partial charge in [-0.2, -0.15) is 4.31 Å². The van der Waals surface area contributed by atoms with Gasteiger partial charge in [0.25, 0.3) is 5.91 Å². The standard InChI is InChI=1S/C24H29N3O3S/c1-17(2)26(3)31(29,30)20-11-8-10-19(15-20)24(28)27-14-7-6-13-23(27)22-16-18-9-4-5-12-21(18)25-22/h4-5,8-12,15-17,23,25H,6-7,13-14H2,1-3H3. The molecule has 1 saturated heterocycles. The molecule has 31 heavy (non-hydrogen) atoms. The van der Waals surface area contributed by atoms with Gasteiger partial charge in [0, 0.05) is 36.4 Å². The van der Waals surface area contributed by atoms with Crippen molar-refractivity contribution in [1.29, 1.82) is 0 Å². The maximum atomic E-state index is 13.5. The Morgan fingerprint density at radius 2 is 1.87 bits per heavy atom. The van der Waals surface area contributed by atoms with Gasteiger partial charge in [-0.3, -0.25) is 4.79 Å². The van der Waals surface area contributed by atoms with Gasteiger partial charge in [0.05, 0.1) is 10.9 Å². The summed E-state index contributed by atoms with van der Waals surface area (Å²) in [4.78, 5) is 19.0. The number of amides is 1. The van der Waals surface area contributed by atoms with E-state index >= 15 is 0 Å². The number of carbonyl (C=O) groups is 1. The highest BCUT2D eigenvalue weighted by Crippen LogP contribution is 2.33. The molecule has 0 bridgehead atoms. The van der Waals surface area contributed by atoms with Crippen LogP contribution in [0.3, 0.4) is 0 Å². The number of rotatable bonds is 5. The number of aromatic nitrogens is 1. The number of para-hydroxylation sites is 1. The van der Waals surface area contributed by atoms with E-state index in [9.17, 15) is 13.2 Å². The highest BCUT2D eigenvalue weighted by Gasteiger charge is 2.31. The van der Waals surface area contributed by atoms with Crippen LogP contribution in [0.1, 0.15) is 55.2 Å². The number of nitrogens with zero attached hydrogens (tertiary/aromatic N) is 2. The zero-order chi connectivity index (χ0) is 22.2. The van der Waals surface area contributed by atoms with Crippen LogP contribution < -0.4 is 0 Å². The molecular weight excluding hydrogens is 410 g/mol. The molecule has 4 rings (SSSR count). The van der Waals surface area contributed by atoms with E-state index in [1.54, 1.807) is 25.2 Å². The molecule has 0 saturated carbocycles. The minimum absolute atomic E-state index is 0.0488. The second kappa shape index (κ2) is 8.48. The van der Waals surface area contributed by atoms with Crippen LogP contribution in [0.15, 0.2) is 59.5 Å². The number of nitrogens with one attached hydrogen (secondary N) is 1. The van der Waals surface area contributed by atoms with Crippen LogP contribution in [0.5, 0.6) is 0 Å². The molecule has 7 heteroatoms. The van der Waals surface area contributed by atoms with E-state index < -0.39 is 10.0 Å². The Morgan fingerprint density at radius 1 is 1.10 bits per heavy atom. The molecule has 1 aliphatic heterocycles. The van der Waals surface area contributed by atoms with Crippen molar-refractivity contribution >= 4 is 26.8 Å². The molecule has 1 atom stereocenters. The molecule has 1 aromatic heterocycles. The minimum Gasteiger partial charge on any atom is -0.357 e. The fourth-order valence-electron chi connectivity index (χ4n) is 4.17. The van der Waals surface area contributed by atoms with E-state index in [1.807, 2.05) is 36.9 Å². The molecule has 0 spiro atoms. The Hall–Kier alpha value is -2.64. The fraction of sp³-hybridized carbons (Fsp3) is 0.375. The molecule has 0 aliphatic carbocycles. The lowest BCUT2D eigenvalue weighted by atomic mass is 9.98. The first-order chi connectivity index (χ1) is 14.8. The summed E-state index contributed by atoms with van der Waals surface area (Å²) in [5, 5.41) is 1.13. The van der Waals surface area contributed by atoms with Gasteiger partial charge in [0.2, 0.25) is 10.0 Å². The number of hydrogen-bond donors (Lipinski definition) is 1. The molecular formula is C24H29N3O3S. The molecule has 1 amide bonds. The largest absolute Gasteiger partial charge is 0.357 e. The van der Waals surface area contributed by atoms with Crippen molar-refractivity contribution in [2.24, 2.45) is 0 Å². The number of aromatic amines is 1. The van der Waals surface area contributed by atoms with Crippen LogP contribution in [0.2, 0.25) is 0 Å². The first-order valence-electron chi connectivity index (χ1n) is 10.8. The normalized spacial score (nSPS) is 17.6. The summed E-state index contributed by atoms with van der Waals surface area (Å²) in [5.74, 6) is -0.132. The van der Waals surface area contributed by atoms with Crippen molar-refractivity contribution in [2.75, 3.05) is 13.6 Å². The quantitative estimate of drug-likeness (QED) is 0.633. The van der Waals surface area contributed by atoms with Gasteiger partial charge >= 0.3 is 0 Å². The van der Waals surface area contributed by atoms with E-state index in [0.717, 1.165) is 35.9 Å². The van der Waals surface area contributed by atoms with E-state index in [1.165, 1.54) is 10.4 Å². The molecule has 1 aliphatic rings. The Kier molecular flexibility index (Phi) is 5.90. The van der Waals surface area contributed by atoms with Crippen molar-refractivity contribution in [3.8, 4) is 0 Å². The maximum absolute atomic E-state index is 13.5. The van der Waals surface area contributed by atoms with Crippen LogP contribution in [-0.4, -0.2) is 48.1 Å². The van der Waals surface area contributed by atoms with Crippen LogP contribution in [0.25, 0.3) is 10.9 Å². The SMILES string of the molecule is CC(C)N(C)S(=O)(=O)c1cccc(C(=O)N2CCCCC2c2cc3ccccc3[nH]2)c1. The Bertz CT molecular complexity index is 1170. The first kappa shape index (κ1) is 21.6. The van der Waals surface area contributed by atoms with Gasteiger partial charge < -0.3 is 9.88 Å². The highest BCUT2D eigenvalue weighted by molar-refractivity contribution is 7.89. The van der Waals surface area contributed by atoms with Crippen molar-refractivity contribution in [3.05, 3.63) is 65.9 Å². The van der Waals surface area contributed by atoms with E-state index in [-0.39, 0.29) is 22.9 Å². The van der Waals surface area contributed by atoms with Gasteiger partial charge in [-0.25, -0.2) is 8.42 Å². The monoisotopic (exact) mass is 439 g/mol. The summed E-state index contributed by atoms with van der Waals surface area (Å²) in [6, 6.07) is 16.4. The van der Waals surface area contributed by atoms with E-state index in [2.05, 4.69) is 17.1 Å². The van der Waals surface area contributed by atoms with Gasteiger partial charge in [-0.1, -0.05) is 24.3 Å². The van der Waals surface area contributed by atoms with E-state index in [4.69, 9.17) is 0 Å². The number of hydrogen-bond acceptors (Lipinski definition) is 3.